The van der Waals surface area contributed by atoms with E-state index in [1.54, 1.807) is 0 Å². The van der Waals surface area contributed by atoms with Crippen molar-refractivity contribution in [2.24, 2.45) is 0 Å². The summed E-state index contributed by atoms with van der Waals surface area (Å²) in [5.74, 6) is 1.12. The second-order valence-electron chi connectivity index (χ2n) is 6.22. The van der Waals surface area contributed by atoms with Gasteiger partial charge in [-0.25, -0.2) is 4.98 Å². The van der Waals surface area contributed by atoms with Crippen molar-refractivity contribution in [2.45, 2.75) is 31.1 Å². The number of aromatic amines is 1. The predicted molar refractivity (Wildman–Crippen MR) is 101 cm³/mol. The van der Waals surface area contributed by atoms with E-state index in [4.69, 9.17) is 4.74 Å². The summed E-state index contributed by atoms with van der Waals surface area (Å²) in [7, 11) is 0. The molecule has 0 bridgehead atoms. The van der Waals surface area contributed by atoms with E-state index in [1.165, 1.54) is 17.3 Å². The van der Waals surface area contributed by atoms with Crippen LogP contribution >= 0.6 is 11.8 Å². The number of H-pyrrole nitrogens is 1. The molecule has 1 amide bonds. The first-order valence-corrected chi connectivity index (χ1v) is 9.90. The fourth-order valence-electron chi connectivity index (χ4n) is 2.80. The summed E-state index contributed by atoms with van der Waals surface area (Å²) in [4.78, 5) is 18.7. The largest absolute Gasteiger partial charge is 0.374 e. The Kier molecular flexibility index (Phi) is 7.04. The highest BCUT2D eigenvalue weighted by molar-refractivity contribution is 7.99. The fraction of sp³-hybridized carbons (Fsp3) is 0.500. The zero-order valence-corrected chi connectivity index (χ0v) is 15.8. The predicted octanol–water partition coefficient (Wildman–Crippen LogP) is 1.48. The molecule has 2 N–H and O–H groups in total. The summed E-state index contributed by atoms with van der Waals surface area (Å²) in [6, 6.07) is 10.4. The third-order valence-electron chi connectivity index (χ3n) is 4.18. The molecule has 1 aromatic heterocycles. The molecule has 0 saturated carbocycles. The number of nitrogens with one attached hydrogen (secondary N) is 2. The zero-order valence-electron chi connectivity index (χ0n) is 15.0. The molecular formula is C18H25N5O2S. The zero-order chi connectivity index (χ0) is 18.2. The maximum Gasteiger partial charge on any atom is 0.230 e. The van der Waals surface area contributed by atoms with Crippen molar-refractivity contribution in [3.63, 3.8) is 0 Å². The molecule has 1 atom stereocenters. The van der Waals surface area contributed by atoms with Crippen LogP contribution in [0.15, 0.2) is 35.5 Å². The number of aromatic nitrogens is 3. The number of amides is 1. The SMILES string of the molecule is CCc1nc(SCC(=O)NC[C@@H]2CN(Cc3ccccc3)CCO2)n[nH]1. The Hall–Kier alpha value is -1.90. The van der Waals surface area contributed by atoms with Gasteiger partial charge in [0.05, 0.1) is 18.5 Å². The lowest BCUT2D eigenvalue weighted by Crippen LogP contribution is -2.47. The van der Waals surface area contributed by atoms with E-state index in [0.717, 1.165) is 31.9 Å². The van der Waals surface area contributed by atoms with Gasteiger partial charge in [0.2, 0.25) is 11.1 Å². The Balaban J connectivity index is 1.37. The normalized spacial score (nSPS) is 18.0. The molecule has 3 rings (SSSR count). The number of carbonyl (C=O) groups excluding carboxylic acids is 1. The van der Waals surface area contributed by atoms with Gasteiger partial charge in [0, 0.05) is 32.6 Å². The lowest BCUT2D eigenvalue weighted by Gasteiger charge is -2.33. The van der Waals surface area contributed by atoms with Crippen LogP contribution in [0.25, 0.3) is 0 Å². The van der Waals surface area contributed by atoms with Gasteiger partial charge in [0.1, 0.15) is 5.82 Å². The van der Waals surface area contributed by atoms with Gasteiger partial charge in [-0.3, -0.25) is 14.8 Å². The summed E-state index contributed by atoms with van der Waals surface area (Å²) in [6.45, 7) is 5.88. The van der Waals surface area contributed by atoms with E-state index in [-0.39, 0.29) is 12.0 Å². The molecular weight excluding hydrogens is 350 g/mol. The highest BCUT2D eigenvalue weighted by Crippen LogP contribution is 2.12. The summed E-state index contributed by atoms with van der Waals surface area (Å²) in [6.07, 6.45) is 0.828. The number of thioether (sulfide) groups is 1. The Morgan fingerprint density at radius 2 is 2.27 bits per heavy atom. The maximum atomic E-state index is 12.0. The molecule has 0 aliphatic carbocycles. The monoisotopic (exact) mass is 375 g/mol. The molecule has 1 aliphatic heterocycles. The fourth-order valence-corrected chi connectivity index (χ4v) is 3.45. The maximum absolute atomic E-state index is 12.0. The van der Waals surface area contributed by atoms with Crippen LogP contribution in [0.4, 0.5) is 0 Å². The average molecular weight is 375 g/mol. The summed E-state index contributed by atoms with van der Waals surface area (Å²) in [5, 5.41) is 10.5. The molecule has 26 heavy (non-hydrogen) atoms. The van der Waals surface area contributed by atoms with Crippen molar-refractivity contribution in [2.75, 3.05) is 32.0 Å². The average Bonchev–Trinajstić information content (AvgIpc) is 3.14. The highest BCUT2D eigenvalue weighted by Gasteiger charge is 2.21. The number of nitrogens with zero attached hydrogens (tertiary/aromatic N) is 3. The molecule has 2 heterocycles. The van der Waals surface area contributed by atoms with Gasteiger partial charge in [-0.2, -0.15) is 0 Å². The second-order valence-corrected chi connectivity index (χ2v) is 7.17. The van der Waals surface area contributed by atoms with Crippen LogP contribution in [0.2, 0.25) is 0 Å². The summed E-state index contributed by atoms with van der Waals surface area (Å²) in [5.41, 5.74) is 1.30. The molecule has 0 spiro atoms. The van der Waals surface area contributed by atoms with E-state index < -0.39 is 0 Å². The van der Waals surface area contributed by atoms with Crippen molar-refractivity contribution in [3.05, 3.63) is 41.7 Å². The molecule has 1 aliphatic rings. The quantitative estimate of drug-likeness (QED) is 0.680. The molecule has 7 nitrogen and oxygen atoms in total. The second kappa shape index (κ2) is 9.70. The van der Waals surface area contributed by atoms with E-state index in [9.17, 15) is 4.79 Å². The molecule has 1 fully saturated rings. The van der Waals surface area contributed by atoms with Gasteiger partial charge in [0.25, 0.3) is 0 Å². The van der Waals surface area contributed by atoms with Crippen LogP contribution in [0.1, 0.15) is 18.3 Å². The minimum absolute atomic E-state index is 0.0246. The Morgan fingerprint density at radius 3 is 3.04 bits per heavy atom. The van der Waals surface area contributed by atoms with Crippen LogP contribution < -0.4 is 5.32 Å². The van der Waals surface area contributed by atoms with Crippen molar-refractivity contribution in [1.29, 1.82) is 0 Å². The van der Waals surface area contributed by atoms with Crippen molar-refractivity contribution < 1.29 is 9.53 Å². The van der Waals surface area contributed by atoms with Gasteiger partial charge >= 0.3 is 0 Å². The minimum atomic E-state index is -0.0263. The summed E-state index contributed by atoms with van der Waals surface area (Å²) >= 11 is 1.34. The topological polar surface area (TPSA) is 83.1 Å². The van der Waals surface area contributed by atoms with Crippen molar-refractivity contribution in [1.82, 2.24) is 25.4 Å². The van der Waals surface area contributed by atoms with Crippen molar-refractivity contribution >= 4 is 17.7 Å². The van der Waals surface area contributed by atoms with E-state index >= 15 is 0 Å². The lowest BCUT2D eigenvalue weighted by atomic mass is 10.2. The Morgan fingerprint density at radius 1 is 1.42 bits per heavy atom. The first kappa shape index (κ1) is 18.9. The molecule has 0 radical (unpaired) electrons. The van der Waals surface area contributed by atoms with Gasteiger partial charge in [-0.1, -0.05) is 49.0 Å². The number of morpholine rings is 1. The van der Waals surface area contributed by atoms with Gasteiger partial charge in [0.15, 0.2) is 0 Å². The number of aryl methyl sites for hydroxylation is 1. The van der Waals surface area contributed by atoms with E-state index in [1.807, 2.05) is 13.0 Å². The summed E-state index contributed by atoms with van der Waals surface area (Å²) < 4.78 is 5.78. The standard InChI is InChI=1S/C18H25N5O2S/c1-2-16-20-18(22-21-16)26-13-17(24)19-10-15-12-23(8-9-25-15)11-14-6-4-3-5-7-14/h3-7,15H,2,8-13H2,1H3,(H,19,24)(H,20,21,22)/t15-/m1/s1. The lowest BCUT2D eigenvalue weighted by molar-refractivity contribution is -0.119. The smallest absolute Gasteiger partial charge is 0.230 e. The van der Waals surface area contributed by atoms with Gasteiger partial charge in [-0.15, -0.1) is 5.10 Å². The third-order valence-corrected chi connectivity index (χ3v) is 5.02. The van der Waals surface area contributed by atoms with Crippen LogP contribution in [-0.4, -0.2) is 64.1 Å². The first-order chi connectivity index (χ1) is 12.7. The van der Waals surface area contributed by atoms with Gasteiger partial charge < -0.3 is 10.1 Å². The molecule has 0 unspecified atom stereocenters. The molecule has 140 valence electrons. The minimum Gasteiger partial charge on any atom is -0.374 e. The number of hydrogen-bond acceptors (Lipinski definition) is 6. The number of benzene rings is 1. The molecule has 1 saturated heterocycles. The van der Waals surface area contributed by atoms with Crippen LogP contribution in [0.5, 0.6) is 0 Å². The number of rotatable bonds is 8. The molecule has 1 aromatic carbocycles. The Labute approximate surface area is 157 Å². The molecule has 8 heteroatoms. The van der Waals surface area contributed by atoms with Crippen molar-refractivity contribution in [3.8, 4) is 0 Å². The first-order valence-electron chi connectivity index (χ1n) is 8.91. The Bertz CT molecular complexity index is 694. The van der Waals surface area contributed by atoms with E-state index in [2.05, 4.69) is 49.7 Å². The third kappa shape index (κ3) is 5.82. The van der Waals surface area contributed by atoms with Crippen LogP contribution in [-0.2, 0) is 22.5 Å². The number of hydrogen-bond donors (Lipinski definition) is 2. The van der Waals surface area contributed by atoms with E-state index in [0.29, 0.717) is 24.1 Å². The molecule has 2 aromatic rings. The highest BCUT2D eigenvalue weighted by atomic mass is 32.2. The number of carbonyl (C=O) groups is 1. The number of ether oxygens (including phenoxy) is 1. The van der Waals surface area contributed by atoms with Crippen LogP contribution in [0, 0.1) is 0 Å². The van der Waals surface area contributed by atoms with Gasteiger partial charge in [-0.05, 0) is 5.56 Å². The van der Waals surface area contributed by atoms with Crippen LogP contribution in [0.3, 0.4) is 0 Å².